The van der Waals surface area contributed by atoms with Gasteiger partial charge in [-0.1, -0.05) is 6.07 Å². The number of carbonyl (C=O) groups excluding carboxylic acids is 1. The van der Waals surface area contributed by atoms with Crippen molar-refractivity contribution in [2.75, 3.05) is 5.32 Å². The standard InChI is InChI=1S/C12H10FN3O/c1-8-7-14-6-5-9(8)16-12(17)10-3-2-4-11(13)15-10/h2-7H,1H3,(H,14,16,17). The van der Waals surface area contributed by atoms with Gasteiger partial charge in [-0.2, -0.15) is 4.39 Å². The monoisotopic (exact) mass is 231 g/mol. The molecule has 0 atom stereocenters. The molecule has 1 amide bonds. The minimum absolute atomic E-state index is 0.0428. The average Bonchev–Trinajstić information content (AvgIpc) is 2.32. The Balaban J connectivity index is 2.20. The van der Waals surface area contributed by atoms with Gasteiger partial charge in [-0.25, -0.2) is 4.98 Å². The van der Waals surface area contributed by atoms with Crippen LogP contribution in [0.1, 0.15) is 16.1 Å². The lowest BCUT2D eigenvalue weighted by Gasteiger charge is -2.06. The molecule has 0 aliphatic carbocycles. The van der Waals surface area contributed by atoms with Gasteiger partial charge in [-0.15, -0.1) is 0 Å². The van der Waals surface area contributed by atoms with Crippen LogP contribution in [0.2, 0.25) is 0 Å². The molecule has 0 radical (unpaired) electrons. The maximum absolute atomic E-state index is 12.8. The first-order chi connectivity index (χ1) is 8.16. The van der Waals surface area contributed by atoms with Crippen molar-refractivity contribution in [2.45, 2.75) is 6.92 Å². The van der Waals surface area contributed by atoms with Gasteiger partial charge in [0.05, 0.1) is 0 Å². The van der Waals surface area contributed by atoms with Gasteiger partial charge in [0.15, 0.2) is 0 Å². The highest BCUT2D eigenvalue weighted by atomic mass is 19.1. The number of nitrogens with zero attached hydrogens (tertiary/aromatic N) is 2. The normalized spacial score (nSPS) is 10.0. The Bertz CT molecular complexity index is 557. The predicted molar refractivity (Wildman–Crippen MR) is 61.1 cm³/mol. The van der Waals surface area contributed by atoms with E-state index in [0.717, 1.165) is 5.56 Å². The van der Waals surface area contributed by atoms with E-state index in [-0.39, 0.29) is 5.69 Å². The Morgan fingerprint density at radius 3 is 2.88 bits per heavy atom. The first-order valence-electron chi connectivity index (χ1n) is 5.01. The van der Waals surface area contributed by atoms with E-state index in [1.807, 2.05) is 6.92 Å². The minimum atomic E-state index is -0.677. The largest absolute Gasteiger partial charge is 0.320 e. The van der Waals surface area contributed by atoms with Gasteiger partial charge in [0, 0.05) is 18.1 Å². The van der Waals surface area contributed by atoms with Crippen LogP contribution < -0.4 is 5.32 Å². The van der Waals surface area contributed by atoms with Crippen molar-refractivity contribution in [2.24, 2.45) is 0 Å². The van der Waals surface area contributed by atoms with E-state index in [2.05, 4.69) is 15.3 Å². The van der Waals surface area contributed by atoms with E-state index in [0.29, 0.717) is 5.69 Å². The molecular formula is C12H10FN3O. The van der Waals surface area contributed by atoms with Gasteiger partial charge < -0.3 is 5.32 Å². The molecule has 0 bridgehead atoms. The molecule has 86 valence electrons. The van der Waals surface area contributed by atoms with Crippen LogP contribution in [0.25, 0.3) is 0 Å². The van der Waals surface area contributed by atoms with E-state index < -0.39 is 11.9 Å². The van der Waals surface area contributed by atoms with Crippen molar-refractivity contribution in [1.82, 2.24) is 9.97 Å². The summed E-state index contributed by atoms with van der Waals surface area (Å²) < 4.78 is 12.8. The van der Waals surface area contributed by atoms with Crippen LogP contribution in [0.3, 0.4) is 0 Å². The van der Waals surface area contributed by atoms with Gasteiger partial charge in [0.1, 0.15) is 5.69 Å². The zero-order chi connectivity index (χ0) is 12.3. The molecule has 4 nitrogen and oxygen atoms in total. The van der Waals surface area contributed by atoms with Crippen molar-refractivity contribution >= 4 is 11.6 Å². The molecule has 2 heterocycles. The smallest absolute Gasteiger partial charge is 0.274 e. The van der Waals surface area contributed by atoms with E-state index in [4.69, 9.17) is 0 Å². The SMILES string of the molecule is Cc1cnccc1NC(=O)c1cccc(F)n1. The summed E-state index contributed by atoms with van der Waals surface area (Å²) in [5.74, 6) is -1.12. The molecule has 0 fully saturated rings. The van der Waals surface area contributed by atoms with Crippen LogP contribution in [0.15, 0.2) is 36.7 Å². The van der Waals surface area contributed by atoms with Crippen molar-refractivity contribution in [3.8, 4) is 0 Å². The molecule has 0 aliphatic heterocycles. The maximum atomic E-state index is 12.8. The predicted octanol–water partition coefficient (Wildman–Crippen LogP) is 2.18. The van der Waals surface area contributed by atoms with Gasteiger partial charge in [0.25, 0.3) is 5.91 Å². The van der Waals surface area contributed by atoms with Crippen molar-refractivity contribution in [1.29, 1.82) is 0 Å². The zero-order valence-corrected chi connectivity index (χ0v) is 9.14. The number of amides is 1. The van der Waals surface area contributed by atoms with Crippen LogP contribution in [0.5, 0.6) is 0 Å². The Labute approximate surface area is 97.5 Å². The summed E-state index contributed by atoms with van der Waals surface area (Å²) in [4.78, 5) is 19.2. The van der Waals surface area contributed by atoms with E-state index >= 15 is 0 Å². The molecular weight excluding hydrogens is 221 g/mol. The number of hydrogen-bond acceptors (Lipinski definition) is 3. The van der Waals surface area contributed by atoms with Crippen LogP contribution in [0.4, 0.5) is 10.1 Å². The summed E-state index contributed by atoms with van der Waals surface area (Å²) in [6, 6.07) is 5.76. The number of aryl methyl sites for hydroxylation is 1. The van der Waals surface area contributed by atoms with Gasteiger partial charge in [-0.3, -0.25) is 9.78 Å². The lowest BCUT2D eigenvalue weighted by molar-refractivity contribution is 0.102. The fourth-order valence-electron chi connectivity index (χ4n) is 1.33. The lowest BCUT2D eigenvalue weighted by Crippen LogP contribution is -2.14. The number of nitrogens with one attached hydrogen (secondary N) is 1. The molecule has 0 spiro atoms. The molecule has 1 N–H and O–H groups in total. The topological polar surface area (TPSA) is 54.9 Å². The third-order valence-electron chi connectivity index (χ3n) is 2.22. The molecule has 2 aromatic heterocycles. The summed E-state index contributed by atoms with van der Waals surface area (Å²) in [6.07, 6.45) is 3.20. The number of rotatable bonds is 2. The summed E-state index contributed by atoms with van der Waals surface area (Å²) >= 11 is 0. The molecule has 0 aromatic carbocycles. The second kappa shape index (κ2) is 4.69. The number of pyridine rings is 2. The van der Waals surface area contributed by atoms with Crippen LogP contribution in [-0.2, 0) is 0 Å². The van der Waals surface area contributed by atoms with Crippen LogP contribution in [-0.4, -0.2) is 15.9 Å². The van der Waals surface area contributed by atoms with Gasteiger partial charge in [-0.05, 0) is 30.7 Å². The second-order valence-corrected chi connectivity index (χ2v) is 3.49. The van der Waals surface area contributed by atoms with E-state index in [9.17, 15) is 9.18 Å². The summed E-state index contributed by atoms with van der Waals surface area (Å²) in [6.45, 7) is 1.82. The van der Waals surface area contributed by atoms with Crippen molar-refractivity contribution in [3.63, 3.8) is 0 Å². The van der Waals surface area contributed by atoms with Crippen molar-refractivity contribution < 1.29 is 9.18 Å². The number of carbonyl (C=O) groups is 1. The van der Waals surface area contributed by atoms with Gasteiger partial charge >= 0.3 is 0 Å². The van der Waals surface area contributed by atoms with E-state index in [1.165, 1.54) is 18.2 Å². The molecule has 2 aromatic rings. The summed E-state index contributed by atoms with van der Waals surface area (Å²) in [5.41, 5.74) is 1.51. The molecule has 0 aliphatic rings. The molecule has 2 rings (SSSR count). The Kier molecular flexibility index (Phi) is 3.09. The minimum Gasteiger partial charge on any atom is -0.320 e. The Morgan fingerprint density at radius 1 is 1.35 bits per heavy atom. The first-order valence-corrected chi connectivity index (χ1v) is 5.01. The van der Waals surface area contributed by atoms with E-state index in [1.54, 1.807) is 18.5 Å². The lowest BCUT2D eigenvalue weighted by atomic mass is 10.2. The number of halogens is 1. The zero-order valence-electron chi connectivity index (χ0n) is 9.14. The average molecular weight is 231 g/mol. The highest BCUT2D eigenvalue weighted by Crippen LogP contribution is 2.12. The number of hydrogen-bond donors (Lipinski definition) is 1. The highest BCUT2D eigenvalue weighted by Gasteiger charge is 2.09. The molecule has 17 heavy (non-hydrogen) atoms. The third-order valence-corrected chi connectivity index (χ3v) is 2.22. The maximum Gasteiger partial charge on any atom is 0.274 e. The first kappa shape index (κ1) is 11.2. The number of aromatic nitrogens is 2. The molecule has 0 saturated heterocycles. The molecule has 0 saturated carbocycles. The van der Waals surface area contributed by atoms with Gasteiger partial charge in [0.2, 0.25) is 5.95 Å². The molecule has 0 unspecified atom stereocenters. The highest BCUT2D eigenvalue weighted by molar-refractivity contribution is 6.03. The summed E-state index contributed by atoms with van der Waals surface area (Å²) in [5, 5.41) is 2.65. The van der Waals surface area contributed by atoms with Crippen molar-refractivity contribution in [3.05, 3.63) is 53.9 Å². The van der Waals surface area contributed by atoms with Crippen LogP contribution in [0, 0.1) is 12.9 Å². The quantitative estimate of drug-likeness (QED) is 0.806. The summed E-state index contributed by atoms with van der Waals surface area (Å²) in [7, 11) is 0. The van der Waals surface area contributed by atoms with Crippen LogP contribution >= 0.6 is 0 Å². The molecule has 5 heteroatoms. The number of anilines is 1. The third kappa shape index (κ3) is 2.63. The second-order valence-electron chi connectivity index (χ2n) is 3.49. The Morgan fingerprint density at radius 2 is 2.18 bits per heavy atom. The fourth-order valence-corrected chi connectivity index (χ4v) is 1.33. The fraction of sp³-hybridized carbons (Fsp3) is 0.0833. The Hall–Kier alpha value is -2.30.